The molecule has 0 aliphatic carbocycles. The van der Waals surface area contributed by atoms with Crippen LogP contribution in [-0.2, 0) is 11.3 Å². The van der Waals surface area contributed by atoms with E-state index in [9.17, 15) is 9.90 Å². The Morgan fingerprint density at radius 1 is 1.15 bits per heavy atom. The first-order valence-corrected chi connectivity index (χ1v) is 8.88. The standard InChI is InChI=1S/C21H28N2O3/c1-16-5-7-18(8-6-16)15-23(13-4-14-26-3)21(25)22-17(2)19-9-11-20(24)12-10-19/h5-12,17,24H,4,13-15H2,1-3H3,(H,22,25)/t17-/m0/s1. The van der Waals surface area contributed by atoms with Crippen LogP contribution in [0.4, 0.5) is 4.79 Å². The summed E-state index contributed by atoms with van der Waals surface area (Å²) in [6, 6.07) is 14.8. The lowest BCUT2D eigenvalue weighted by Crippen LogP contribution is -2.41. The second kappa shape index (κ2) is 9.82. The molecule has 0 fully saturated rings. The fourth-order valence-electron chi connectivity index (χ4n) is 2.69. The van der Waals surface area contributed by atoms with Crippen molar-refractivity contribution in [2.45, 2.75) is 32.9 Å². The topological polar surface area (TPSA) is 61.8 Å². The largest absolute Gasteiger partial charge is 0.508 e. The van der Waals surface area contributed by atoms with Gasteiger partial charge in [-0.2, -0.15) is 0 Å². The number of nitrogens with zero attached hydrogens (tertiary/aromatic N) is 1. The summed E-state index contributed by atoms with van der Waals surface area (Å²) in [5.41, 5.74) is 3.24. The minimum absolute atomic E-state index is 0.109. The maximum atomic E-state index is 12.8. The van der Waals surface area contributed by atoms with Crippen molar-refractivity contribution in [1.29, 1.82) is 0 Å². The molecule has 0 aromatic heterocycles. The molecule has 5 heteroatoms. The zero-order chi connectivity index (χ0) is 18.9. The summed E-state index contributed by atoms with van der Waals surface area (Å²) in [6.07, 6.45) is 0.781. The summed E-state index contributed by atoms with van der Waals surface area (Å²) in [5.74, 6) is 0.216. The molecule has 1 atom stereocenters. The second-order valence-corrected chi connectivity index (χ2v) is 6.52. The van der Waals surface area contributed by atoms with Gasteiger partial charge in [-0.15, -0.1) is 0 Å². The van der Waals surface area contributed by atoms with Crippen molar-refractivity contribution in [3.63, 3.8) is 0 Å². The highest BCUT2D eigenvalue weighted by Gasteiger charge is 2.17. The molecule has 2 N–H and O–H groups in total. The first-order valence-electron chi connectivity index (χ1n) is 8.88. The number of carbonyl (C=O) groups excluding carboxylic acids is 1. The summed E-state index contributed by atoms with van der Waals surface area (Å²) in [7, 11) is 1.66. The first kappa shape index (κ1) is 19.8. The highest BCUT2D eigenvalue weighted by Crippen LogP contribution is 2.17. The molecule has 0 spiro atoms. The SMILES string of the molecule is COCCCN(Cc1ccc(C)cc1)C(=O)N[C@@H](C)c1ccc(O)cc1. The maximum absolute atomic E-state index is 12.8. The maximum Gasteiger partial charge on any atom is 0.318 e. The molecule has 0 aliphatic heterocycles. The minimum Gasteiger partial charge on any atom is -0.508 e. The Bertz CT molecular complexity index is 683. The number of benzene rings is 2. The van der Waals surface area contributed by atoms with Gasteiger partial charge in [-0.3, -0.25) is 0 Å². The van der Waals surface area contributed by atoms with Crippen LogP contribution >= 0.6 is 0 Å². The third-order valence-corrected chi connectivity index (χ3v) is 4.29. The Hall–Kier alpha value is -2.53. The molecule has 0 heterocycles. The van der Waals surface area contributed by atoms with Gasteiger partial charge in [0.1, 0.15) is 5.75 Å². The Morgan fingerprint density at radius 2 is 1.81 bits per heavy atom. The molecule has 26 heavy (non-hydrogen) atoms. The summed E-state index contributed by atoms with van der Waals surface area (Å²) in [5, 5.41) is 12.4. The summed E-state index contributed by atoms with van der Waals surface area (Å²) in [4.78, 5) is 14.6. The predicted molar refractivity (Wildman–Crippen MR) is 103 cm³/mol. The van der Waals surface area contributed by atoms with Gasteiger partial charge in [-0.05, 0) is 43.5 Å². The van der Waals surface area contributed by atoms with Crippen LogP contribution in [0, 0.1) is 6.92 Å². The number of hydrogen-bond acceptors (Lipinski definition) is 3. The van der Waals surface area contributed by atoms with Crippen molar-refractivity contribution in [2.75, 3.05) is 20.3 Å². The molecular weight excluding hydrogens is 328 g/mol. The molecule has 2 aromatic rings. The lowest BCUT2D eigenvalue weighted by molar-refractivity contribution is 0.164. The van der Waals surface area contributed by atoms with Crippen LogP contribution in [-0.4, -0.2) is 36.3 Å². The number of hydrogen-bond donors (Lipinski definition) is 2. The second-order valence-electron chi connectivity index (χ2n) is 6.52. The molecule has 5 nitrogen and oxygen atoms in total. The van der Waals surface area contributed by atoms with Gasteiger partial charge in [0.05, 0.1) is 6.04 Å². The van der Waals surface area contributed by atoms with Crippen LogP contribution in [0.2, 0.25) is 0 Å². The third-order valence-electron chi connectivity index (χ3n) is 4.29. The molecule has 2 rings (SSSR count). The van der Waals surface area contributed by atoms with Crippen LogP contribution in [0.1, 0.15) is 36.1 Å². The molecule has 0 bridgehead atoms. The number of phenols is 1. The van der Waals surface area contributed by atoms with E-state index < -0.39 is 0 Å². The Morgan fingerprint density at radius 3 is 2.42 bits per heavy atom. The number of nitrogens with one attached hydrogen (secondary N) is 1. The van der Waals surface area contributed by atoms with Crippen LogP contribution in [0.15, 0.2) is 48.5 Å². The molecular formula is C21H28N2O3. The van der Waals surface area contributed by atoms with Crippen molar-refractivity contribution in [3.05, 3.63) is 65.2 Å². The number of carbonyl (C=O) groups is 1. The van der Waals surface area contributed by atoms with Crippen LogP contribution in [0.3, 0.4) is 0 Å². The number of aryl methyl sites for hydroxylation is 1. The van der Waals surface area contributed by atoms with E-state index in [0.29, 0.717) is 19.7 Å². The van der Waals surface area contributed by atoms with E-state index >= 15 is 0 Å². The third kappa shape index (κ3) is 6.08. The van der Waals surface area contributed by atoms with Gasteiger partial charge in [-0.1, -0.05) is 42.0 Å². The monoisotopic (exact) mass is 356 g/mol. The zero-order valence-corrected chi connectivity index (χ0v) is 15.7. The van der Waals surface area contributed by atoms with Gasteiger partial charge in [0.25, 0.3) is 0 Å². The molecule has 2 amide bonds. The predicted octanol–water partition coefficient (Wildman–Crippen LogP) is 4.01. The summed E-state index contributed by atoms with van der Waals surface area (Å²) >= 11 is 0. The van der Waals surface area contributed by atoms with Gasteiger partial charge in [-0.25, -0.2) is 4.79 Å². The molecule has 2 aromatic carbocycles. The highest BCUT2D eigenvalue weighted by molar-refractivity contribution is 5.74. The van der Waals surface area contributed by atoms with Crippen molar-refractivity contribution in [1.82, 2.24) is 10.2 Å². The van der Waals surface area contributed by atoms with Crippen molar-refractivity contribution in [2.24, 2.45) is 0 Å². The van der Waals surface area contributed by atoms with Gasteiger partial charge in [0.15, 0.2) is 0 Å². The Kier molecular flexibility index (Phi) is 7.48. The van der Waals surface area contributed by atoms with E-state index in [1.807, 2.05) is 26.0 Å². The lowest BCUT2D eigenvalue weighted by atomic mass is 10.1. The zero-order valence-electron chi connectivity index (χ0n) is 15.7. The Balaban J connectivity index is 2.03. The molecule has 0 radical (unpaired) electrons. The number of urea groups is 1. The number of ether oxygens (including phenoxy) is 1. The number of amides is 2. The molecule has 0 aliphatic rings. The first-order chi connectivity index (χ1) is 12.5. The van der Waals surface area contributed by atoms with Gasteiger partial charge in [0.2, 0.25) is 0 Å². The van der Waals surface area contributed by atoms with E-state index in [2.05, 4.69) is 29.6 Å². The normalized spacial score (nSPS) is 11.8. The van der Waals surface area contributed by atoms with Crippen LogP contribution in [0.25, 0.3) is 0 Å². The highest BCUT2D eigenvalue weighted by atomic mass is 16.5. The van der Waals surface area contributed by atoms with Crippen molar-refractivity contribution < 1.29 is 14.6 Å². The fraction of sp³-hybridized carbons (Fsp3) is 0.381. The molecule has 0 saturated carbocycles. The number of phenolic OH excluding ortho intramolecular Hbond substituents is 1. The number of aromatic hydroxyl groups is 1. The quantitative estimate of drug-likeness (QED) is 0.703. The van der Waals surface area contributed by atoms with Crippen molar-refractivity contribution in [3.8, 4) is 5.75 Å². The van der Waals surface area contributed by atoms with E-state index in [-0.39, 0.29) is 17.8 Å². The van der Waals surface area contributed by atoms with E-state index in [4.69, 9.17) is 4.74 Å². The van der Waals surface area contributed by atoms with E-state index in [1.165, 1.54) is 5.56 Å². The van der Waals surface area contributed by atoms with Gasteiger partial charge < -0.3 is 20.1 Å². The lowest BCUT2D eigenvalue weighted by Gasteiger charge is -2.25. The van der Waals surface area contributed by atoms with E-state index in [1.54, 1.807) is 24.1 Å². The molecule has 140 valence electrons. The smallest absolute Gasteiger partial charge is 0.318 e. The van der Waals surface area contributed by atoms with Gasteiger partial charge in [0, 0.05) is 26.8 Å². The molecule has 0 unspecified atom stereocenters. The summed E-state index contributed by atoms with van der Waals surface area (Å²) < 4.78 is 5.12. The van der Waals surface area contributed by atoms with Crippen molar-refractivity contribution >= 4 is 6.03 Å². The fourth-order valence-corrected chi connectivity index (χ4v) is 2.69. The summed E-state index contributed by atoms with van der Waals surface area (Å²) in [6.45, 7) is 5.77. The van der Waals surface area contributed by atoms with E-state index in [0.717, 1.165) is 17.5 Å². The van der Waals surface area contributed by atoms with Crippen LogP contribution in [0.5, 0.6) is 5.75 Å². The number of methoxy groups -OCH3 is 1. The average molecular weight is 356 g/mol. The Labute approximate surface area is 155 Å². The number of rotatable bonds is 8. The molecule has 0 saturated heterocycles. The minimum atomic E-state index is -0.147. The average Bonchev–Trinajstić information content (AvgIpc) is 2.63. The van der Waals surface area contributed by atoms with Gasteiger partial charge >= 0.3 is 6.03 Å². The van der Waals surface area contributed by atoms with Crippen LogP contribution < -0.4 is 5.32 Å².